The van der Waals surface area contributed by atoms with Gasteiger partial charge in [0, 0.05) is 11.1 Å². The maximum absolute atomic E-state index is 5.71. The number of aromatic nitrogens is 2. The molecule has 3 nitrogen and oxygen atoms in total. The summed E-state index contributed by atoms with van der Waals surface area (Å²) in [5, 5.41) is 8.19. The monoisotopic (exact) mass is 236 g/mol. The number of nitrogens with zero attached hydrogens (tertiary/aromatic N) is 2. The zero-order valence-corrected chi connectivity index (χ0v) is 10.00. The molecule has 88 valence electrons. The molecule has 0 aliphatic heterocycles. The summed E-state index contributed by atoms with van der Waals surface area (Å²) in [6.45, 7) is 2.03. The SMILES string of the molecule is Cc1ccccc1-c1nnc(-c2ccccc2)o1. The van der Waals surface area contributed by atoms with E-state index in [4.69, 9.17) is 4.42 Å². The van der Waals surface area contributed by atoms with E-state index in [0.717, 1.165) is 16.7 Å². The van der Waals surface area contributed by atoms with Crippen LogP contribution >= 0.6 is 0 Å². The van der Waals surface area contributed by atoms with Gasteiger partial charge in [0.25, 0.3) is 0 Å². The first kappa shape index (κ1) is 10.7. The van der Waals surface area contributed by atoms with Gasteiger partial charge in [-0.3, -0.25) is 0 Å². The normalized spacial score (nSPS) is 10.5. The zero-order chi connectivity index (χ0) is 12.4. The van der Waals surface area contributed by atoms with Gasteiger partial charge in [-0.2, -0.15) is 0 Å². The minimum Gasteiger partial charge on any atom is -0.416 e. The number of aryl methyl sites for hydroxylation is 1. The quantitative estimate of drug-likeness (QED) is 0.680. The van der Waals surface area contributed by atoms with Crippen LogP contribution in [0.2, 0.25) is 0 Å². The molecule has 0 bridgehead atoms. The van der Waals surface area contributed by atoms with Crippen molar-refractivity contribution in [1.29, 1.82) is 0 Å². The molecule has 1 heterocycles. The van der Waals surface area contributed by atoms with Crippen LogP contribution in [-0.4, -0.2) is 10.2 Å². The summed E-state index contributed by atoms with van der Waals surface area (Å²) >= 11 is 0. The Balaban J connectivity index is 2.03. The summed E-state index contributed by atoms with van der Waals surface area (Å²) in [6.07, 6.45) is 0. The zero-order valence-electron chi connectivity index (χ0n) is 10.00. The second kappa shape index (κ2) is 4.45. The van der Waals surface area contributed by atoms with Crippen LogP contribution in [0.25, 0.3) is 22.9 Å². The van der Waals surface area contributed by atoms with E-state index in [-0.39, 0.29) is 0 Å². The molecule has 18 heavy (non-hydrogen) atoms. The highest BCUT2D eigenvalue weighted by molar-refractivity contribution is 5.60. The molecule has 0 aliphatic rings. The Morgan fingerprint density at radius 1 is 0.778 bits per heavy atom. The van der Waals surface area contributed by atoms with Crippen LogP contribution < -0.4 is 0 Å². The Labute approximate surface area is 105 Å². The van der Waals surface area contributed by atoms with Crippen LogP contribution in [0.1, 0.15) is 5.56 Å². The standard InChI is InChI=1S/C15H12N2O/c1-11-7-5-6-10-13(11)15-17-16-14(18-15)12-8-3-2-4-9-12/h2-10H,1H3. The lowest BCUT2D eigenvalue weighted by atomic mass is 10.1. The van der Waals surface area contributed by atoms with E-state index in [1.807, 2.05) is 61.5 Å². The van der Waals surface area contributed by atoms with Gasteiger partial charge >= 0.3 is 0 Å². The Morgan fingerprint density at radius 2 is 1.44 bits per heavy atom. The first-order chi connectivity index (χ1) is 8.84. The third-order valence-corrected chi connectivity index (χ3v) is 2.82. The third kappa shape index (κ3) is 1.91. The molecule has 3 heteroatoms. The van der Waals surface area contributed by atoms with Crippen molar-refractivity contribution in [3.63, 3.8) is 0 Å². The fourth-order valence-electron chi connectivity index (χ4n) is 1.84. The van der Waals surface area contributed by atoms with Crippen LogP contribution in [0.5, 0.6) is 0 Å². The molecule has 3 rings (SSSR count). The van der Waals surface area contributed by atoms with Gasteiger partial charge in [-0.1, -0.05) is 36.4 Å². The van der Waals surface area contributed by atoms with E-state index >= 15 is 0 Å². The molecule has 0 amide bonds. The molecular weight excluding hydrogens is 224 g/mol. The molecule has 0 saturated carbocycles. The maximum atomic E-state index is 5.71. The van der Waals surface area contributed by atoms with Gasteiger partial charge in [0.1, 0.15) is 0 Å². The third-order valence-electron chi connectivity index (χ3n) is 2.82. The number of hydrogen-bond acceptors (Lipinski definition) is 3. The van der Waals surface area contributed by atoms with Gasteiger partial charge in [0.15, 0.2) is 0 Å². The van der Waals surface area contributed by atoms with Crippen molar-refractivity contribution < 1.29 is 4.42 Å². The minimum absolute atomic E-state index is 0.550. The summed E-state index contributed by atoms with van der Waals surface area (Å²) in [7, 11) is 0. The molecule has 3 aromatic rings. The molecule has 0 atom stereocenters. The highest BCUT2D eigenvalue weighted by atomic mass is 16.4. The van der Waals surface area contributed by atoms with Crippen LogP contribution in [-0.2, 0) is 0 Å². The Hall–Kier alpha value is -2.42. The van der Waals surface area contributed by atoms with Crippen LogP contribution in [0.15, 0.2) is 59.0 Å². The lowest BCUT2D eigenvalue weighted by Gasteiger charge is -1.98. The molecule has 0 N–H and O–H groups in total. The van der Waals surface area contributed by atoms with E-state index in [2.05, 4.69) is 10.2 Å². The lowest BCUT2D eigenvalue weighted by Crippen LogP contribution is -1.81. The van der Waals surface area contributed by atoms with E-state index in [9.17, 15) is 0 Å². The van der Waals surface area contributed by atoms with Crippen molar-refractivity contribution in [2.24, 2.45) is 0 Å². The first-order valence-corrected chi connectivity index (χ1v) is 5.79. The van der Waals surface area contributed by atoms with E-state index in [0.29, 0.717) is 11.8 Å². The molecule has 0 saturated heterocycles. The molecular formula is C15H12N2O. The van der Waals surface area contributed by atoms with Gasteiger partial charge in [-0.15, -0.1) is 10.2 Å². The van der Waals surface area contributed by atoms with Crippen molar-refractivity contribution in [2.45, 2.75) is 6.92 Å². The maximum Gasteiger partial charge on any atom is 0.248 e. The summed E-state index contributed by atoms with van der Waals surface area (Å²) < 4.78 is 5.71. The van der Waals surface area contributed by atoms with Gasteiger partial charge in [-0.25, -0.2) is 0 Å². The van der Waals surface area contributed by atoms with E-state index in [1.165, 1.54) is 0 Å². The van der Waals surface area contributed by atoms with Gasteiger partial charge in [0.05, 0.1) is 0 Å². The summed E-state index contributed by atoms with van der Waals surface area (Å²) in [6, 6.07) is 17.7. The number of rotatable bonds is 2. The predicted octanol–water partition coefficient (Wildman–Crippen LogP) is 3.71. The highest BCUT2D eigenvalue weighted by Gasteiger charge is 2.11. The van der Waals surface area contributed by atoms with E-state index < -0.39 is 0 Å². The van der Waals surface area contributed by atoms with Gasteiger partial charge in [0.2, 0.25) is 11.8 Å². The average molecular weight is 236 g/mol. The Morgan fingerprint density at radius 3 is 2.22 bits per heavy atom. The number of benzene rings is 2. The van der Waals surface area contributed by atoms with Crippen molar-refractivity contribution in [3.05, 3.63) is 60.2 Å². The molecule has 2 aromatic carbocycles. The minimum atomic E-state index is 0.550. The van der Waals surface area contributed by atoms with Crippen molar-refractivity contribution in [3.8, 4) is 22.9 Å². The fraction of sp³-hybridized carbons (Fsp3) is 0.0667. The fourth-order valence-corrected chi connectivity index (χ4v) is 1.84. The first-order valence-electron chi connectivity index (χ1n) is 5.79. The molecule has 0 aliphatic carbocycles. The van der Waals surface area contributed by atoms with Gasteiger partial charge < -0.3 is 4.42 Å². The average Bonchev–Trinajstić information content (AvgIpc) is 2.90. The second-order valence-corrected chi connectivity index (χ2v) is 4.09. The summed E-state index contributed by atoms with van der Waals surface area (Å²) in [4.78, 5) is 0. The van der Waals surface area contributed by atoms with Crippen LogP contribution in [0.3, 0.4) is 0 Å². The Kier molecular flexibility index (Phi) is 2.65. The smallest absolute Gasteiger partial charge is 0.248 e. The predicted molar refractivity (Wildman–Crippen MR) is 69.9 cm³/mol. The molecule has 0 unspecified atom stereocenters. The molecule has 1 aromatic heterocycles. The topological polar surface area (TPSA) is 38.9 Å². The molecule has 0 fully saturated rings. The van der Waals surface area contributed by atoms with Crippen molar-refractivity contribution in [1.82, 2.24) is 10.2 Å². The highest BCUT2D eigenvalue weighted by Crippen LogP contribution is 2.25. The number of hydrogen-bond donors (Lipinski definition) is 0. The van der Waals surface area contributed by atoms with Gasteiger partial charge in [-0.05, 0) is 30.7 Å². The van der Waals surface area contributed by atoms with E-state index in [1.54, 1.807) is 0 Å². The lowest BCUT2D eigenvalue weighted by molar-refractivity contribution is 0.584. The van der Waals surface area contributed by atoms with Crippen molar-refractivity contribution in [2.75, 3.05) is 0 Å². The Bertz CT molecular complexity index is 659. The molecule has 0 radical (unpaired) electrons. The largest absolute Gasteiger partial charge is 0.416 e. The summed E-state index contributed by atoms with van der Waals surface area (Å²) in [5.74, 6) is 1.11. The second-order valence-electron chi connectivity index (χ2n) is 4.09. The van der Waals surface area contributed by atoms with Crippen molar-refractivity contribution >= 4 is 0 Å². The summed E-state index contributed by atoms with van der Waals surface area (Å²) in [5.41, 5.74) is 3.04. The van der Waals surface area contributed by atoms with Crippen LogP contribution in [0.4, 0.5) is 0 Å². The molecule has 0 spiro atoms. The van der Waals surface area contributed by atoms with Crippen LogP contribution in [0, 0.1) is 6.92 Å².